The number of rotatable bonds is 3. The van der Waals surface area contributed by atoms with Crippen molar-refractivity contribution < 1.29 is 9.90 Å². The van der Waals surface area contributed by atoms with Crippen LogP contribution in [0.2, 0.25) is 0 Å². The van der Waals surface area contributed by atoms with E-state index < -0.39 is 5.97 Å². The standard InChI is InChI=1S/C15H27NO2/c1-14(2,3)12-10-16(11-12)15(9-13(17)18)7-5-4-6-8-15/h12H,4-11H2,1-3H3,(H,17,18). The average molecular weight is 253 g/mol. The molecule has 1 N–H and O–H groups in total. The van der Waals surface area contributed by atoms with Gasteiger partial charge in [0.2, 0.25) is 0 Å². The summed E-state index contributed by atoms with van der Waals surface area (Å²) < 4.78 is 0. The summed E-state index contributed by atoms with van der Waals surface area (Å²) in [6, 6.07) is 0. The van der Waals surface area contributed by atoms with Crippen LogP contribution >= 0.6 is 0 Å². The Kier molecular flexibility index (Phi) is 3.72. The lowest BCUT2D eigenvalue weighted by Crippen LogP contribution is -2.63. The number of carboxylic acid groups (broad SMARTS) is 1. The number of aliphatic carboxylic acids is 1. The van der Waals surface area contributed by atoms with Crippen LogP contribution in [0.25, 0.3) is 0 Å². The number of likely N-dealkylation sites (tertiary alicyclic amines) is 1. The van der Waals surface area contributed by atoms with Crippen molar-refractivity contribution in [1.82, 2.24) is 4.90 Å². The van der Waals surface area contributed by atoms with Crippen molar-refractivity contribution in [2.45, 2.75) is 64.8 Å². The molecule has 0 bridgehead atoms. The van der Waals surface area contributed by atoms with Crippen LogP contribution in [-0.2, 0) is 4.79 Å². The molecule has 0 aromatic heterocycles. The van der Waals surface area contributed by atoms with Gasteiger partial charge in [-0.1, -0.05) is 40.0 Å². The van der Waals surface area contributed by atoms with E-state index >= 15 is 0 Å². The summed E-state index contributed by atoms with van der Waals surface area (Å²) in [5, 5.41) is 9.20. The molecule has 1 aliphatic carbocycles. The zero-order valence-electron chi connectivity index (χ0n) is 12.0. The number of carbonyl (C=O) groups is 1. The van der Waals surface area contributed by atoms with Crippen LogP contribution in [0.4, 0.5) is 0 Å². The van der Waals surface area contributed by atoms with E-state index in [1.165, 1.54) is 19.3 Å². The molecular formula is C15H27NO2. The van der Waals surface area contributed by atoms with Gasteiger partial charge in [-0.25, -0.2) is 0 Å². The maximum Gasteiger partial charge on any atom is 0.305 e. The van der Waals surface area contributed by atoms with E-state index in [1.807, 2.05) is 0 Å². The lowest BCUT2D eigenvalue weighted by Gasteiger charge is -2.56. The molecule has 0 aromatic rings. The van der Waals surface area contributed by atoms with Crippen molar-refractivity contribution in [3.8, 4) is 0 Å². The fourth-order valence-corrected chi connectivity index (χ4v) is 3.51. The van der Waals surface area contributed by atoms with E-state index in [-0.39, 0.29) is 5.54 Å². The molecule has 3 nitrogen and oxygen atoms in total. The van der Waals surface area contributed by atoms with Crippen LogP contribution in [0, 0.1) is 11.3 Å². The summed E-state index contributed by atoms with van der Waals surface area (Å²) in [6.45, 7) is 9.06. The molecule has 0 unspecified atom stereocenters. The van der Waals surface area contributed by atoms with Crippen molar-refractivity contribution in [2.75, 3.05) is 13.1 Å². The van der Waals surface area contributed by atoms with E-state index in [0.717, 1.165) is 31.8 Å². The SMILES string of the molecule is CC(C)(C)C1CN(C2(CC(=O)O)CCCCC2)C1. The summed E-state index contributed by atoms with van der Waals surface area (Å²) in [5.74, 6) is 0.0983. The van der Waals surface area contributed by atoms with Crippen LogP contribution < -0.4 is 0 Å². The van der Waals surface area contributed by atoms with Gasteiger partial charge in [-0.3, -0.25) is 9.69 Å². The first-order valence-electron chi connectivity index (χ1n) is 7.30. The highest BCUT2D eigenvalue weighted by Crippen LogP contribution is 2.44. The molecule has 0 amide bonds. The van der Waals surface area contributed by atoms with Crippen molar-refractivity contribution in [1.29, 1.82) is 0 Å². The van der Waals surface area contributed by atoms with E-state index in [2.05, 4.69) is 25.7 Å². The first-order valence-corrected chi connectivity index (χ1v) is 7.30. The van der Waals surface area contributed by atoms with Crippen molar-refractivity contribution in [3.05, 3.63) is 0 Å². The van der Waals surface area contributed by atoms with Crippen molar-refractivity contribution >= 4 is 5.97 Å². The molecule has 1 heterocycles. The van der Waals surface area contributed by atoms with Gasteiger partial charge in [0.05, 0.1) is 6.42 Å². The number of nitrogens with zero attached hydrogens (tertiary/aromatic N) is 1. The van der Waals surface area contributed by atoms with E-state index in [4.69, 9.17) is 0 Å². The van der Waals surface area contributed by atoms with Gasteiger partial charge in [0, 0.05) is 18.6 Å². The first kappa shape index (κ1) is 13.9. The molecule has 2 aliphatic rings. The van der Waals surface area contributed by atoms with Gasteiger partial charge in [0.25, 0.3) is 0 Å². The Bertz CT molecular complexity index is 307. The molecule has 1 saturated heterocycles. The van der Waals surface area contributed by atoms with E-state index in [9.17, 15) is 9.90 Å². The normalized spacial score (nSPS) is 25.7. The van der Waals surface area contributed by atoms with Crippen molar-refractivity contribution in [2.24, 2.45) is 11.3 Å². The smallest absolute Gasteiger partial charge is 0.305 e. The van der Waals surface area contributed by atoms with E-state index in [0.29, 0.717) is 11.8 Å². The molecule has 1 saturated carbocycles. The molecule has 104 valence electrons. The second-order valence-corrected chi connectivity index (χ2v) is 7.32. The van der Waals surface area contributed by atoms with Crippen molar-refractivity contribution in [3.63, 3.8) is 0 Å². The van der Waals surface area contributed by atoms with Gasteiger partial charge in [0.15, 0.2) is 0 Å². The fraction of sp³-hybridized carbons (Fsp3) is 0.933. The highest BCUT2D eigenvalue weighted by Gasteiger charge is 2.47. The van der Waals surface area contributed by atoms with E-state index in [1.54, 1.807) is 0 Å². The third-order valence-corrected chi connectivity index (χ3v) is 5.04. The molecular weight excluding hydrogens is 226 g/mol. The second-order valence-electron chi connectivity index (χ2n) is 7.32. The van der Waals surface area contributed by atoms with Gasteiger partial charge < -0.3 is 5.11 Å². The summed E-state index contributed by atoms with van der Waals surface area (Å²) in [4.78, 5) is 13.6. The minimum absolute atomic E-state index is 0.0220. The zero-order valence-corrected chi connectivity index (χ0v) is 12.0. The minimum Gasteiger partial charge on any atom is -0.481 e. The Morgan fingerprint density at radius 3 is 2.22 bits per heavy atom. The lowest BCUT2D eigenvalue weighted by atomic mass is 9.70. The highest BCUT2D eigenvalue weighted by atomic mass is 16.4. The number of carboxylic acids is 1. The Hall–Kier alpha value is -0.570. The van der Waals surface area contributed by atoms with Gasteiger partial charge in [-0.15, -0.1) is 0 Å². The number of hydrogen-bond donors (Lipinski definition) is 1. The zero-order chi connectivity index (χ0) is 13.4. The van der Waals surface area contributed by atoms with Crippen LogP contribution in [0.1, 0.15) is 59.3 Å². The molecule has 0 atom stereocenters. The first-order chi connectivity index (χ1) is 8.33. The Balaban J connectivity index is 2.01. The Morgan fingerprint density at radius 1 is 1.22 bits per heavy atom. The topological polar surface area (TPSA) is 40.5 Å². The quantitative estimate of drug-likeness (QED) is 0.840. The summed E-state index contributed by atoms with van der Waals surface area (Å²) in [6.07, 6.45) is 6.17. The Labute approximate surface area is 111 Å². The molecule has 2 fully saturated rings. The fourth-order valence-electron chi connectivity index (χ4n) is 3.51. The van der Waals surface area contributed by atoms with Gasteiger partial charge in [-0.2, -0.15) is 0 Å². The van der Waals surface area contributed by atoms with Gasteiger partial charge >= 0.3 is 5.97 Å². The number of hydrogen-bond acceptors (Lipinski definition) is 2. The predicted molar refractivity (Wildman–Crippen MR) is 72.6 cm³/mol. The monoisotopic (exact) mass is 253 g/mol. The molecule has 0 radical (unpaired) electrons. The lowest BCUT2D eigenvalue weighted by molar-refractivity contribution is -0.145. The third kappa shape index (κ3) is 2.71. The third-order valence-electron chi connectivity index (χ3n) is 5.04. The largest absolute Gasteiger partial charge is 0.481 e. The van der Waals surface area contributed by atoms with Crippen LogP contribution in [0.15, 0.2) is 0 Å². The second kappa shape index (κ2) is 4.84. The summed E-state index contributed by atoms with van der Waals surface area (Å²) in [5.41, 5.74) is 0.335. The summed E-state index contributed by atoms with van der Waals surface area (Å²) in [7, 11) is 0. The van der Waals surface area contributed by atoms with Crippen LogP contribution in [0.5, 0.6) is 0 Å². The molecule has 1 aliphatic heterocycles. The Morgan fingerprint density at radius 2 is 1.78 bits per heavy atom. The summed E-state index contributed by atoms with van der Waals surface area (Å²) >= 11 is 0. The highest BCUT2D eigenvalue weighted by molar-refractivity contribution is 5.68. The van der Waals surface area contributed by atoms with Gasteiger partial charge in [-0.05, 0) is 24.2 Å². The molecule has 3 heteroatoms. The predicted octanol–water partition coefficient (Wildman–Crippen LogP) is 3.14. The van der Waals surface area contributed by atoms with Gasteiger partial charge in [0.1, 0.15) is 0 Å². The minimum atomic E-state index is -0.629. The molecule has 2 rings (SSSR count). The average Bonchev–Trinajstić information content (AvgIpc) is 2.12. The molecule has 18 heavy (non-hydrogen) atoms. The maximum absolute atomic E-state index is 11.2. The maximum atomic E-state index is 11.2. The van der Waals surface area contributed by atoms with Crippen LogP contribution in [-0.4, -0.2) is 34.6 Å². The molecule has 0 spiro atoms. The molecule has 0 aromatic carbocycles. The van der Waals surface area contributed by atoms with Crippen LogP contribution in [0.3, 0.4) is 0 Å².